The third-order valence-electron chi connectivity index (χ3n) is 3.99. The molecule has 7 heteroatoms. The van der Waals surface area contributed by atoms with Crippen LogP contribution in [0.25, 0.3) is 11.3 Å². The predicted octanol–water partition coefficient (Wildman–Crippen LogP) is 4.45. The average Bonchev–Trinajstić information content (AvgIpc) is 3.10. The molecule has 0 radical (unpaired) electrons. The second-order valence-corrected chi connectivity index (χ2v) is 7.70. The number of anilines is 1. The Labute approximate surface area is 158 Å². The molecule has 5 nitrogen and oxygen atoms in total. The summed E-state index contributed by atoms with van der Waals surface area (Å²) in [4.78, 5) is 30.9. The number of hydrogen-bond acceptors (Lipinski definition) is 6. The molecule has 0 atom stereocenters. The van der Waals surface area contributed by atoms with E-state index in [0.29, 0.717) is 16.3 Å². The lowest BCUT2D eigenvalue weighted by atomic mass is 10.1. The fourth-order valence-electron chi connectivity index (χ4n) is 2.69. The summed E-state index contributed by atoms with van der Waals surface area (Å²) < 4.78 is 4.66. The van der Waals surface area contributed by atoms with Crippen molar-refractivity contribution in [2.24, 2.45) is 0 Å². The number of methoxy groups -OCH3 is 1. The van der Waals surface area contributed by atoms with Gasteiger partial charge in [-0.1, -0.05) is 18.2 Å². The minimum absolute atomic E-state index is 0.256. The van der Waals surface area contributed by atoms with Crippen molar-refractivity contribution in [2.75, 3.05) is 12.4 Å². The van der Waals surface area contributed by atoms with Crippen LogP contribution in [-0.4, -0.2) is 24.0 Å². The molecular weight excluding hydrogens is 368 g/mol. The molecule has 1 N–H and O–H groups in total. The van der Waals surface area contributed by atoms with Crippen LogP contribution in [0.4, 0.5) is 5.13 Å². The molecule has 26 heavy (non-hydrogen) atoms. The van der Waals surface area contributed by atoms with Crippen LogP contribution in [0.1, 0.15) is 25.6 Å². The van der Waals surface area contributed by atoms with Gasteiger partial charge >= 0.3 is 5.97 Å². The Bertz CT molecular complexity index is 996. The van der Waals surface area contributed by atoms with Gasteiger partial charge in [-0.3, -0.25) is 10.1 Å². The first kappa shape index (κ1) is 16.8. The van der Waals surface area contributed by atoms with Gasteiger partial charge in [0.15, 0.2) is 5.13 Å². The first-order valence-corrected chi connectivity index (χ1v) is 9.67. The largest absolute Gasteiger partial charge is 0.465 e. The van der Waals surface area contributed by atoms with Crippen LogP contribution in [0.2, 0.25) is 0 Å². The van der Waals surface area contributed by atoms with Crippen molar-refractivity contribution in [1.29, 1.82) is 0 Å². The Morgan fingerprint density at radius 2 is 1.81 bits per heavy atom. The van der Waals surface area contributed by atoms with Crippen LogP contribution in [-0.2, 0) is 10.5 Å². The summed E-state index contributed by atoms with van der Waals surface area (Å²) in [6.45, 7) is 0. The summed E-state index contributed by atoms with van der Waals surface area (Å²) in [6, 6.07) is 14.5. The minimum atomic E-state index is -0.430. The van der Waals surface area contributed by atoms with Gasteiger partial charge in [0, 0.05) is 26.7 Å². The Morgan fingerprint density at radius 1 is 1.08 bits per heavy atom. The number of esters is 1. The van der Waals surface area contributed by atoms with Gasteiger partial charge in [-0.05, 0) is 30.3 Å². The van der Waals surface area contributed by atoms with Crippen LogP contribution in [0.15, 0.2) is 53.4 Å². The molecule has 2 aromatic carbocycles. The van der Waals surface area contributed by atoms with Gasteiger partial charge in [-0.2, -0.15) is 0 Å². The summed E-state index contributed by atoms with van der Waals surface area (Å²) >= 11 is 3.28. The predicted molar refractivity (Wildman–Crippen MR) is 103 cm³/mol. The van der Waals surface area contributed by atoms with Crippen LogP contribution in [0.5, 0.6) is 0 Å². The van der Waals surface area contributed by atoms with Crippen LogP contribution in [0, 0.1) is 0 Å². The Hall–Kier alpha value is -2.64. The monoisotopic (exact) mass is 382 g/mol. The van der Waals surface area contributed by atoms with Crippen molar-refractivity contribution in [2.45, 2.75) is 10.6 Å². The lowest BCUT2D eigenvalue weighted by molar-refractivity contribution is 0.0600. The standard InChI is InChI=1S/C19H14N2O3S2/c1-24-18(23)12-8-6-11(7-9-12)17(22)21-19-20-16-13-4-2-3-5-14(13)25-10-15(16)26-19/h2-9H,10H2,1H3,(H,20,21,22). The van der Waals surface area contributed by atoms with Crippen molar-refractivity contribution < 1.29 is 14.3 Å². The van der Waals surface area contributed by atoms with Crippen LogP contribution >= 0.6 is 23.1 Å². The number of ether oxygens (including phenoxy) is 1. The number of nitrogens with zero attached hydrogens (tertiary/aromatic N) is 1. The number of thiazole rings is 1. The summed E-state index contributed by atoms with van der Waals surface area (Å²) in [5.74, 6) is 0.169. The van der Waals surface area contributed by atoms with Crippen molar-refractivity contribution in [1.82, 2.24) is 4.98 Å². The number of rotatable bonds is 3. The van der Waals surface area contributed by atoms with Gasteiger partial charge in [-0.25, -0.2) is 9.78 Å². The fourth-order valence-corrected chi connectivity index (χ4v) is 4.79. The van der Waals surface area contributed by atoms with E-state index < -0.39 is 5.97 Å². The highest BCUT2D eigenvalue weighted by molar-refractivity contribution is 7.98. The number of benzene rings is 2. The molecule has 130 valence electrons. The van der Waals surface area contributed by atoms with E-state index in [-0.39, 0.29) is 5.91 Å². The van der Waals surface area contributed by atoms with E-state index in [0.717, 1.165) is 21.9 Å². The number of amides is 1. The zero-order valence-corrected chi connectivity index (χ0v) is 15.4. The molecule has 1 amide bonds. The van der Waals surface area contributed by atoms with Gasteiger partial charge in [0.05, 0.1) is 18.4 Å². The lowest BCUT2D eigenvalue weighted by Crippen LogP contribution is -2.12. The number of carbonyl (C=O) groups excluding carboxylic acids is 2. The van der Waals surface area contributed by atoms with Crippen molar-refractivity contribution >= 4 is 40.1 Å². The summed E-state index contributed by atoms with van der Waals surface area (Å²) in [5, 5.41) is 3.43. The minimum Gasteiger partial charge on any atom is -0.465 e. The number of hydrogen-bond donors (Lipinski definition) is 1. The number of fused-ring (bicyclic) bond motifs is 3. The van der Waals surface area contributed by atoms with Crippen LogP contribution < -0.4 is 5.32 Å². The first-order valence-electron chi connectivity index (χ1n) is 7.87. The maximum Gasteiger partial charge on any atom is 0.337 e. The topological polar surface area (TPSA) is 68.3 Å². The van der Waals surface area contributed by atoms with E-state index in [1.807, 2.05) is 12.1 Å². The molecule has 0 unspecified atom stereocenters. The molecule has 0 saturated heterocycles. The highest BCUT2D eigenvalue weighted by Gasteiger charge is 2.22. The van der Waals surface area contributed by atoms with Gasteiger partial charge in [-0.15, -0.1) is 23.1 Å². The quantitative estimate of drug-likeness (QED) is 0.678. The second-order valence-electron chi connectivity index (χ2n) is 5.60. The maximum absolute atomic E-state index is 12.5. The molecule has 0 fully saturated rings. The Kier molecular flexibility index (Phi) is 4.48. The smallest absolute Gasteiger partial charge is 0.337 e. The second kappa shape index (κ2) is 6.93. The van der Waals surface area contributed by atoms with E-state index in [1.165, 1.54) is 23.3 Å². The Balaban J connectivity index is 1.55. The highest BCUT2D eigenvalue weighted by atomic mass is 32.2. The summed E-state index contributed by atoms with van der Waals surface area (Å²) in [6.07, 6.45) is 0. The van der Waals surface area contributed by atoms with Crippen molar-refractivity contribution in [3.63, 3.8) is 0 Å². The van der Waals surface area contributed by atoms with Crippen molar-refractivity contribution in [3.8, 4) is 11.3 Å². The molecule has 0 spiro atoms. The molecule has 0 saturated carbocycles. The molecule has 0 aliphatic carbocycles. The van der Waals surface area contributed by atoms with Gasteiger partial charge < -0.3 is 4.74 Å². The summed E-state index contributed by atoms with van der Waals surface area (Å²) in [5.41, 5.74) is 2.92. The van der Waals surface area contributed by atoms with Crippen LogP contribution in [0.3, 0.4) is 0 Å². The third-order valence-corrected chi connectivity index (χ3v) is 6.24. The average molecular weight is 382 g/mol. The van der Waals surface area contributed by atoms with Gasteiger partial charge in [0.2, 0.25) is 0 Å². The maximum atomic E-state index is 12.5. The zero-order valence-electron chi connectivity index (χ0n) is 13.8. The molecule has 2 heterocycles. The third kappa shape index (κ3) is 3.11. The van der Waals surface area contributed by atoms with Gasteiger partial charge in [0.1, 0.15) is 0 Å². The normalized spacial score (nSPS) is 12.0. The number of carbonyl (C=O) groups is 2. The molecule has 0 bridgehead atoms. The Morgan fingerprint density at radius 3 is 2.58 bits per heavy atom. The van der Waals surface area contributed by atoms with E-state index in [9.17, 15) is 9.59 Å². The fraction of sp³-hybridized carbons (Fsp3) is 0.105. The van der Waals surface area contributed by atoms with Crippen molar-refractivity contribution in [3.05, 3.63) is 64.5 Å². The SMILES string of the molecule is COC(=O)c1ccc(C(=O)Nc2nc3c(s2)CSc2ccccc2-3)cc1. The molecule has 4 rings (SSSR count). The molecule has 1 aromatic heterocycles. The molecule has 3 aromatic rings. The number of thioether (sulfide) groups is 1. The zero-order chi connectivity index (χ0) is 18.1. The van der Waals surface area contributed by atoms with Gasteiger partial charge in [0.25, 0.3) is 5.91 Å². The number of aromatic nitrogens is 1. The number of nitrogens with one attached hydrogen (secondary N) is 1. The lowest BCUT2D eigenvalue weighted by Gasteiger charge is -2.13. The molecule has 1 aliphatic heterocycles. The molecular formula is C19H14N2O3S2. The molecule has 1 aliphatic rings. The van der Waals surface area contributed by atoms with E-state index in [1.54, 1.807) is 36.0 Å². The summed E-state index contributed by atoms with van der Waals surface area (Å²) in [7, 11) is 1.32. The van der Waals surface area contributed by atoms with E-state index in [4.69, 9.17) is 0 Å². The van der Waals surface area contributed by atoms with E-state index in [2.05, 4.69) is 27.2 Å². The highest BCUT2D eigenvalue weighted by Crippen LogP contribution is 2.44. The van der Waals surface area contributed by atoms with E-state index >= 15 is 0 Å². The first-order chi connectivity index (χ1) is 12.7.